The van der Waals surface area contributed by atoms with Crippen LogP contribution in [0.2, 0.25) is 0 Å². The zero-order chi connectivity index (χ0) is 19.9. The molecule has 3 N–H and O–H groups in total. The smallest absolute Gasteiger partial charge is 0.371 e. The first kappa shape index (κ1) is 19.2. The summed E-state index contributed by atoms with van der Waals surface area (Å²) in [6, 6.07) is 17.9. The first-order valence-electron chi connectivity index (χ1n) is 8.20. The van der Waals surface area contributed by atoms with Crippen LogP contribution in [0.1, 0.15) is 26.8 Å². The maximum Gasteiger partial charge on any atom is 0.371 e. The Balaban J connectivity index is 0.000000167. The number of carboxylic acids is 2. The van der Waals surface area contributed by atoms with E-state index in [9.17, 15) is 9.59 Å². The van der Waals surface area contributed by atoms with Crippen LogP contribution >= 0.6 is 11.8 Å². The Morgan fingerprint density at radius 3 is 2.43 bits per heavy atom. The van der Waals surface area contributed by atoms with Gasteiger partial charge in [0, 0.05) is 17.1 Å². The van der Waals surface area contributed by atoms with Crippen LogP contribution < -0.4 is 0 Å². The first-order chi connectivity index (χ1) is 13.5. The predicted molar refractivity (Wildman–Crippen MR) is 105 cm³/mol. The Bertz CT molecular complexity index is 1060. The molecule has 0 aliphatic carbocycles. The van der Waals surface area contributed by atoms with E-state index in [1.54, 1.807) is 18.3 Å². The third-order valence-electron chi connectivity index (χ3n) is 3.63. The second-order valence-corrected chi connectivity index (χ2v) is 6.60. The molecular weight excluding hydrogens is 380 g/mol. The zero-order valence-corrected chi connectivity index (χ0v) is 15.3. The number of benzene rings is 1. The van der Waals surface area contributed by atoms with Gasteiger partial charge >= 0.3 is 11.9 Å². The van der Waals surface area contributed by atoms with Gasteiger partial charge in [0.2, 0.25) is 5.76 Å². The molecule has 3 heterocycles. The Labute approximate surface area is 164 Å². The number of hydrogen-bond donors (Lipinski definition) is 3. The summed E-state index contributed by atoms with van der Waals surface area (Å²) < 4.78 is 5.12. The van der Waals surface area contributed by atoms with Crippen LogP contribution in [-0.2, 0) is 5.75 Å². The van der Waals surface area contributed by atoms with Gasteiger partial charge in [-0.05, 0) is 36.4 Å². The Kier molecular flexibility index (Phi) is 6.13. The topological polar surface area (TPSA) is 116 Å². The van der Waals surface area contributed by atoms with E-state index in [1.807, 2.05) is 42.5 Å². The number of thioether (sulfide) groups is 1. The van der Waals surface area contributed by atoms with Gasteiger partial charge in [-0.3, -0.25) is 0 Å². The standard InChI is InChI=1S/C11H9NO3S.C9H7NO2/c13-11(14)9-5-4-8(15-9)7-16-10-3-1-2-6-12-10;11-9(12)8-5-6-3-1-2-4-7(6)10-8/h1-6H,7H2,(H,13,14);1-5,10H,(H,11,12). The van der Waals surface area contributed by atoms with Gasteiger partial charge < -0.3 is 19.6 Å². The Morgan fingerprint density at radius 1 is 1.00 bits per heavy atom. The molecule has 0 unspecified atom stereocenters. The van der Waals surface area contributed by atoms with E-state index in [0.29, 0.717) is 11.5 Å². The average Bonchev–Trinajstić information content (AvgIpc) is 3.35. The molecule has 0 saturated heterocycles. The number of para-hydroxylation sites is 1. The second-order valence-electron chi connectivity index (χ2n) is 5.60. The maximum absolute atomic E-state index is 10.6. The fourth-order valence-corrected chi connectivity index (χ4v) is 3.09. The summed E-state index contributed by atoms with van der Waals surface area (Å²) in [7, 11) is 0. The van der Waals surface area contributed by atoms with E-state index in [0.717, 1.165) is 15.9 Å². The maximum atomic E-state index is 10.6. The Morgan fingerprint density at radius 2 is 1.79 bits per heavy atom. The molecule has 0 atom stereocenters. The lowest BCUT2D eigenvalue weighted by atomic mass is 10.2. The van der Waals surface area contributed by atoms with Gasteiger partial charge in [0.25, 0.3) is 0 Å². The molecule has 0 aliphatic rings. The van der Waals surface area contributed by atoms with Gasteiger partial charge in [-0.1, -0.05) is 36.0 Å². The molecule has 0 radical (unpaired) electrons. The van der Waals surface area contributed by atoms with Crippen molar-refractivity contribution in [3.05, 3.63) is 84.1 Å². The number of H-pyrrole nitrogens is 1. The molecule has 0 amide bonds. The van der Waals surface area contributed by atoms with Crippen LogP contribution in [0.15, 0.2) is 76.3 Å². The summed E-state index contributed by atoms with van der Waals surface area (Å²) in [5.74, 6) is -0.797. The third-order valence-corrected chi connectivity index (χ3v) is 4.60. The van der Waals surface area contributed by atoms with Gasteiger partial charge in [-0.25, -0.2) is 14.6 Å². The number of furan rings is 1. The average molecular weight is 396 g/mol. The second kappa shape index (κ2) is 8.92. The minimum Gasteiger partial charge on any atom is -0.477 e. The Hall–Kier alpha value is -3.52. The van der Waals surface area contributed by atoms with Crippen molar-refractivity contribution >= 4 is 34.6 Å². The van der Waals surface area contributed by atoms with Crippen molar-refractivity contribution in [2.75, 3.05) is 0 Å². The number of fused-ring (bicyclic) bond motifs is 1. The van der Waals surface area contributed by atoms with Crippen molar-refractivity contribution in [3.8, 4) is 0 Å². The molecule has 0 fully saturated rings. The number of nitrogens with zero attached hydrogens (tertiary/aromatic N) is 1. The van der Waals surface area contributed by atoms with Gasteiger partial charge in [0.05, 0.1) is 10.8 Å². The molecule has 0 saturated carbocycles. The molecule has 4 aromatic rings. The molecule has 0 aliphatic heterocycles. The van der Waals surface area contributed by atoms with Gasteiger partial charge in [-0.15, -0.1) is 0 Å². The van der Waals surface area contributed by atoms with E-state index < -0.39 is 11.9 Å². The van der Waals surface area contributed by atoms with Crippen LogP contribution in [0.5, 0.6) is 0 Å². The SMILES string of the molecule is O=C(O)c1cc2ccccc2[nH]1.O=C(O)c1ccc(CSc2ccccn2)o1. The summed E-state index contributed by atoms with van der Waals surface area (Å²) in [5, 5.41) is 19.1. The van der Waals surface area contributed by atoms with E-state index >= 15 is 0 Å². The van der Waals surface area contributed by atoms with Crippen molar-refractivity contribution in [1.29, 1.82) is 0 Å². The normalized spacial score (nSPS) is 10.3. The summed E-state index contributed by atoms with van der Waals surface area (Å²) in [6.45, 7) is 0. The summed E-state index contributed by atoms with van der Waals surface area (Å²) in [4.78, 5) is 28.1. The molecule has 4 rings (SSSR count). The minimum absolute atomic E-state index is 0.0309. The number of carbonyl (C=O) groups is 2. The molecule has 0 bridgehead atoms. The molecule has 8 heteroatoms. The molecule has 3 aromatic heterocycles. The highest BCUT2D eigenvalue weighted by Crippen LogP contribution is 2.21. The number of aromatic amines is 1. The highest BCUT2D eigenvalue weighted by Gasteiger charge is 2.09. The summed E-state index contributed by atoms with van der Waals surface area (Å²) in [5.41, 5.74) is 1.09. The molecule has 142 valence electrons. The first-order valence-corrected chi connectivity index (χ1v) is 9.18. The van der Waals surface area contributed by atoms with Gasteiger partial charge in [0.15, 0.2) is 0 Å². The van der Waals surface area contributed by atoms with Gasteiger partial charge in [0.1, 0.15) is 11.5 Å². The molecule has 1 aromatic carbocycles. The van der Waals surface area contributed by atoms with Crippen molar-refractivity contribution in [3.63, 3.8) is 0 Å². The number of rotatable bonds is 5. The highest BCUT2D eigenvalue weighted by molar-refractivity contribution is 7.98. The zero-order valence-electron chi connectivity index (χ0n) is 14.5. The van der Waals surface area contributed by atoms with E-state index in [-0.39, 0.29) is 11.5 Å². The largest absolute Gasteiger partial charge is 0.477 e. The highest BCUT2D eigenvalue weighted by atomic mass is 32.2. The van der Waals surface area contributed by atoms with Crippen LogP contribution in [-0.4, -0.2) is 32.1 Å². The minimum atomic E-state index is -1.05. The molecule has 0 spiro atoms. The van der Waals surface area contributed by atoms with E-state index in [4.69, 9.17) is 14.6 Å². The van der Waals surface area contributed by atoms with Crippen molar-refractivity contribution in [1.82, 2.24) is 9.97 Å². The van der Waals surface area contributed by atoms with E-state index in [1.165, 1.54) is 17.8 Å². The number of aromatic nitrogens is 2. The number of aromatic carboxylic acids is 2. The summed E-state index contributed by atoms with van der Waals surface area (Å²) >= 11 is 1.50. The fourth-order valence-electron chi connectivity index (χ4n) is 2.34. The molecular formula is C20H16N2O5S. The third kappa shape index (κ3) is 5.01. The quantitative estimate of drug-likeness (QED) is 0.424. The predicted octanol–water partition coefficient (Wildman–Crippen LogP) is 4.53. The molecule has 28 heavy (non-hydrogen) atoms. The van der Waals surface area contributed by atoms with Crippen LogP contribution in [0.4, 0.5) is 0 Å². The lowest BCUT2D eigenvalue weighted by Crippen LogP contribution is -1.94. The van der Waals surface area contributed by atoms with Crippen LogP contribution in [0.25, 0.3) is 10.9 Å². The van der Waals surface area contributed by atoms with Crippen LogP contribution in [0.3, 0.4) is 0 Å². The van der Waals surface area contributed by atoms with Crippen molar-refractivity contribution in [2.24, 2.45) is 0 Å². The number of carboxylic acid groups (broad SMARTS) is 2. The van der Waals surface area contributed by atoms with Crippen molar-refractivity contribution < 1.29 is 24.2 Å². The number of hydrogen-bond acceptors (Lipinski definition) is 5. The fraction of sp³-hybridized carbons (Fsp3) is 0.0500. The molecule has 7 nitrogen and oxygen atoms in total. The summed E-state index contributed by atoms with van der Waals surface area (Å²) in [6.07, 6.45) is 1.72. The van der Waals surface area contributed by atoms with Crippen molar-refractivity contribution in [2.45, 2.75) is 10.8 Å². The number of nitrogens with one attached hydrogen (secondary N) is 1. The van der Waals surface area contributed by atoms with E-state index in [2.05, 4.69) is 9.97 Å². The lowest BCUT2D eigenvalue weighted by molar-refractivity contribution is 0.0658. The van der Waals surface area contributed by atoms with Gasteiger partial charge in [-0.2, -0.15) is 0 Å². The van der Waals surface area contributed by atoms with Crippen LogP contribution in [0, 0.1) is 0 Å². The lowest BCUT2D eigenvalue weighted by Gasteiger charge is -1.96. The number of pyridine rings is 1. The monoisotopic (exact) mass is 396 g/mol.